The molecule has 6 heteroatoms. The second kappa shape index (κ2) is 3.95. The zero-order valence-electron chi connectivity index (χ0n) is 8.76. The van der Waals surface area contributed by atoms with E-state index in [0.29, 0.717) is 5.92 Å². The number of rotatable bonds is 2. The third kappa shape index (κ3) is 1.64. The summed E-state index contributed by atoms with van der Waals surface area (Å²) in [5.41, 5.74) is 7.18. The van der Waals surface area contributed by atoms with Crippen molar-refractivity contribution in [3.8, 4) is 10.8 Å². The molecule has 2 aromatic heterocycles. The van der Waals surface area contributed by atoms with Gasteiger partial charge in [-0.3, -0.25) is 5.10 Å². The molecular formula is C10H13N5S. The van der Waals surface area contributed by atoms with Crippen molar-refractivity contribution in [3.63, 3.8) is 0 Å². The maximum atomic E-state index is 6.07. The Morgan fingerprint density at radius 2 is 2.38 bits per heavy atom. The fourth-order valence-corrected chi connectivity index (χ4v) is 3.06. The van der Waals surface area contributed by atoms with Crippen molar-refractivity contribution in [1.82, 2.24) is 20.2 Å². The summed E-state index contributed by atoms with van der Waals surface area (Å²) < 4.78 is 0. The summed E-state index contributed by atoms with van der Waals surface area (Å²) in [4.78, 5) is 8.69. The van der Waals surface area contributed by atoms with E-state index in [1.165, 1.54) is 12.7 Å². The zero-order valence-corrected chi connectivity index (χ0v) is 9.57. The van der Waals surface area contributed by atoms with Crippen LogP contribution in [0.1, 0.15) is 30.9 Å². The standard InChI is InChI=1S/C10H13N5S/c11-7-3-1-2-6(7)8-4-16-10(14-8)9-12-5-13-15-9/h4-7H,1-3,11H2,(H,12,13,15). The maximum absolute atomic E-state index is 6.07. The zero-order chi connectivity index (χ0) is 11.0. The molecule has 84 valence electrons. The summed E-state index contributed by atoms with van der Waals surface area (Å²) in [6.45, 7) is 0. The van der Waals surface area contributed by atoms with E-state index in [4.69, 9.17) is 5.73 Å². The summed E-state index contributed by atoms with van der Waals surface area (Å²) in [5.74, 6) is 1.16. The first-order valence-electron chi connectivity index (χ1n) is 5.41. The van der Waals surface area contributed by atoms with Crippen LogP contribution in [0.25, 0.3) is 10.8 Å². The molecule has 0 aromatic carbocycles. The average molecular weight is 235 g/mol. The number of hydrogen-bond acceptors (Lipinski definition) is 5. The van der Waals surface area contributed by atoms with Gasteiger partial charge in [0.25, 0.3) is 0 Å². The van der Waals surface area contributed by atoms with E-state index in [1.54, 1.807) is 11.3 Å². The number of nitrogens with one attached hydrogen (secondary N) is 1. The van der Waals surface area contributed by atoms with E-state index < -0.39 is 0 Å². The first kappa shape index (κ1) is 9.92. The molecule has 2 aromatic rings. The molecule has 0 saturated heterocycles. The predicted octanol–water partition coefficient (Wildman–Crippen LogP) is 1.52. The third-order valence-electron chi connectivity index (χ3n) is 3.09. The second-order valence-electron chi connectivity index (χ2n) is 4.11. The van der Waals surface area contributed by atoms with Gasteiger partial charge in [-0.1, -0.05) is 6.42 Å². The number of aromatic amines is 1. The van der Waals surface area contributed by atoms with Crippen LogP contribution in [0, 0.1) is 0 Å². The highest BCUT2D eigenvalue weighted by Crippen LogP contribution is 2.35. The lowest BCUT2D eigenvalue weighted by atomic mass is 10.0. The van der Waals surface area contributed by atoms with Crippen LogP contribution in [0.3, 0.4) is 0 Å². The summed E-state index contributed by atoms with van der Waals surface area (Å²) in [6.07, 6.45) is 4.97. The van der Waals surface area contributed by atoms with Crippen LogP contribution in [0.5, 0.6) is 0 Å². The van der Waals surface area contributed by atoms with Gasteiger partial charge in [0, 0.05) is 17.3 Å². The van der Waals surface area contributed by atoms with Crippen LogP contribution < -0.4 is 5.73 Å². The lowest BCUT2D eigenvalue weighted by Gasteiger charge is -2.11. The summed E-state index contributed by atoms with van der Waals surface area (Å²) in [5, 5.41) is 9.64. The average Bonchev–Trinajstić information content (AvgIpc) is 2.96. The number of hydrogen-bond donors (Lipinski definition) is 2. The van der Waals surface area contributed by atoms with Gasteiger partial charge in [-0.15, -0.1) is 11.3 Å². The number of aromatic nitrogens is 4. The molecule has 1 fully saturated rings. The van der Waals surface area contributed by atoms with E-state index in [-0.39, 0.29) is 6.04 Å². The molecule has 0 amide bonds. The Bertz CT molecular complexity index is 463. The van der Waals surface area contributed by atoms with Gasteiger partial charge >= 0.3 is 0 Å². The molecule has 3 N–H and O–H groups in total. The van der Waals surface area contributed by atoms with Gasteiger partial charge in [0.1, 0.15) is 6.33 Å². The Morgan fingerprint density at radius 1 is 1.44 bits per heavy atom. The minimum absolute atomic E-state index is 0.268. The predicted molar refractivity (Wildman–Crippen MR) is 62.1 cm³/mol. The molecule has 0 radical (unpaired) electrons. The molecule has 2 heterocycles. The third-order valence-corrected chi connectivity index (χ3v) is 3.96. The minimum Gasteiger partial charge on any atom is -0.327 e. The van der Waals surface area contributed by atoms with E-state index in [2.05, 4.69) is 25.5 Å². The van der Waals surface area contributed by atoms with Crippen molar-refractivity contribution in [2.24, 2.45) is 5.73 Å². The van der Waals surface area contributed by atoms with Gasteiger partial charge in [-0.25, -0.2) is 9.97 Å². The van der Waals surface area contributed by atoms with Crippen LogP contribution in [0.2, 0.25) is 0 Å². The lowest BCUT2D eigenvalue weighted by molar-refractivity contribution is 0.601. The van der Waals surface area contributed by atoms with Crippen LogP contribution >= 0.6 is 11.3 Å². The van der Waals surface area contributed by atoms with Gasteiger partial charge in [-0.05, 0) is 12.8 Å². The molecule has 1 aliphatic rings. The molecule has 0 bridgehead atoms. The second-order valence-corrected chi connectivity index (χ2v) is 4.97. The fourth-order valence-electron chi connectivity index (χ4n) is 2.23. The first-order valence-corrected chi connectivity index (χ1v) is 6.29. The van der Waals surface area contributed by atoms with Crippen molar-refractivity contribution in [2.45, 2.75) is 31.2 Å². The molecule has 1 saturated carbocycles. The Balaban J connectivity index is 1.88. The summed E-state index contributed by atoms with van der Waals surface area (Å²) in [7, 11) is 0. The smallest absolute Gasteiger partial charge is 0.184 e. The highest BCUT2D eigenvalue weighted by Gasteiger charge is 2.27. The molecule has 16 heavy (non-hydrogen) atoms. The monoisotopic (exact) mass is 235 g/mol. The maximum Gasteiger partial charge on any atom is 0.184 e. The van der Waals surface area contributed by atoms with E-state index in [1.807, 2.05) is 0 Å². The van der Waals surface area contributed by atoms with Crippen LogP contribution in [0.4, 0.5) is 0 Å². The molecule has 2 atom stereocenters. The van der Waals surface area contributed by atoms with Crippen LogP contribution in [0.15, 0.2) is 11.7 Å². The molecule has 0 aliphatic heterocycles. The van der Waals surface area contributed by atoms with E-state index in [9.17, 15) is 0 Å². The number of H-pyrrole nitrogens is 1. The summed E-state index contributed by atoms with van der Waals surface area (Å²) >= 11 is 1.60. The van der Waals surface area contributed by atoms with Gasteiger partial charge in [-0.2, -0.15) is 5.10 Å². The number of thiazole rings is 1. The molecule has 2 unspecified atom stereocenters. The molecule has 5 nitrogen and oxygen atoms in total. The van der Waals surface area contributed by atoms with Crippen molar-refractivity contribution >= 4 is 11.3 Å². The molecule has 3 rings (SSSR count). The van der Waals surface area contributed by atoms with Crippen molar-refractivity contribution < 1.29 is 0 Å². The Hall–Kier alpha value is -1.27. The first-order chi connectivity index (χ1) is 7.84. The van der Waals surface area contributed by atoms with Gasteiger partial charge in [0.2, 0.25) is 0 Å². The van der Waals surface area contributed by atoms with E-state index >= 15 is 0 Å². The topological polar surface area (TPSA) is 80.5 Å². The summed E-state index contributed by atoms with van der Waals surface area (Å²) in [6, 6.07) is 0.268. The minimum atomic E-state index is 0.268. The SMILES string of the molecule is NC1CCCC1c1csc(-c2ncn[nH]2)n1. The highest BCUT2D eigenvalue weighted by molar-refractivity contribution is 7.13. The quantitative estimate of drug-likeness (QED) is 0.827. The molecule has 0 spiro atoms. The Labute approximate surface area is 97.1 Å². The van der Waals surface area contributed by atoms with Gasteiger partial charge in [0.05, 0.1) is 5.69 Å². The van der Waals surface area contributed by atoms with Crippen molar-refractivity contribution in [2.75, 3.05) is 0 Å². The van der Waals surface area contributed by atoms with Crippen molar-refractivity contribution in [1.29, 1.82) is 0 Å². The largest absolute Gasteiger partial charge is 0.327 e. The van der Waals surface area contributed by atoms with Gasteiger partial charge in [0.15, 0.2) is 10.8 Å². The van der Waals surface area contributed by atoms with E-state index in [0.717, 1.165) is 29.4 Å². The number of nitrogens with zero attached hydrogens (tertiary/aromatic N) is 3. The molecular weight excluding hydrogens is 222 g/mol. The van der Waals surface area contributed by atoms with Gasteiger partial charge < -0.3 is 5.73 Å². The lowest BCUT2D eigenvalue weighted by Crippen LogP contribution is -2.22. The highest BCUT2D eigenvalue weighted by atomic mass is 32.1. The van der Waals surface area contributed by atoms with Crippen LogP contribution in [-0.4, -0.2) is 26.2 Å². The van der Waals surface area contributed by atoms with Crippen LogP contribution in [-0.2, 0) is 0 Å². The Morgan fingerprint density at radius 3 is 3.06 bits per heavy atom. The van der Waals surface area contributed by atoms with Crippen molar-refractivity contribution in [3.05, 3.63) is 17.4 Å². The fraction of sp³-hybridized carbons (Fsp3) is 0.500. The normalized spacial score (nSPS) is 25.1. The number of nitrogens with two attached hydrogens (primary N) is 1. The molecule has 1 aliphatic carbocycles. The Kier molecular flexibility index (Phi) is 2.45.